The molecule has 168 valence electrons. The summed E-state index contributed by atoms with van der Waals surface area (Å²) < 4.78 is 5.76. The Hall–Kier alpha value is -3.12. The maximum atomic E-state index is 13.7. The maximum absolute atomic E-state index is 13.7. The monoisotopic (exact) mass is 433 g/mol. The molecule has 6 nitrogen and oxygen atoms in total. The third kappa shape index (κ3) is 4.02. The number of benzene rings is 2. The van der Waals surface area contributed by atoms with E-state index in [0.717, 1.165) is 35.5 Å². The van der Waals surface area contributed by atoms with Gasteiger partial charge in [-0.05, 0) is 69.6 Å². The van der Waals surface area contributed by atoms with Crippen LogP contribution in [0.3, 0.4) is 0 Å². The summed E-state index contributed by atoms with van der Waals surface area (Å²) in [6.07, 6.45) is 0.0652. The van der Waals surface area contributed by atoms with Gasteiger partial charge in [0.15, 0.2) is 0 Å². The Balaban J connectivity index is 1.79. The Morgan fingerprint density at radius 1 is 0.875 bits per heavy atom. The van der Waals surface area contributed by atoms with Crippen LogP contribution in [0.1, 0.15) is 30.5 Å². The highest BCUT2D eigenvalue weighted by atomic mass is 16.5. The number of imide groups is 1. The van der Waals surface area contributed by atoms with Gasteiger partial charge in [-0.3, -0.25) is 9.59 Å². The first-order valence-electron chi connectivity index (χ1n) is 11.2. The van der Waals surface area contributed by atoms with E-state index in [-0.39, 0.29) is 17.9 Å². The molecule has 2 heterocycles. The number of ether oxygens (including phenoxy) is 1. The van der Waals surface area contributed by atoms with Crippen LogP contribution in [0.15, 0.2) is 48.2 Å². The summed E-state index contributed by atoms with van der Waals surface area (Å²) in [4.78, 5) is 33.1. The summed E-state index contributed by atoms with van der Waals surface area (Å²) in [6.45, 7) is 11.0. The van der Waals surface area contributed by atoms with Crippen molar-refractivity contribution >= 4 is 23.1 Å². The fourth-order valence-electron chi connectivity index (χ4n) is 4.27. The van der Waals surface area contributed by atoms with Crippen LogP contribution < -0.4 is 9.64 Å². The molecule has 2 aromatic rings. The Morgan fingerprint density at radius 3 is 2.16 bits per heavy atom. The molecule has 2 amide bonds. The highest BCUT2D eigenvalue weighted by Crippen LogP contribution is 2.37. The van der Waals surface area contributed by atoms with Crippen molar-refractivity contribution in [2.24, 2.45) is 0 Å². The Kier molecular flexibility index (Phi) is 6.07. The molecule has 0 aromatic heterocycles. The third-order valence-corrected chi connectivity index (χ3v) is 6.21. The summed E-state index contributed by atoms with van der Waals surface area (Å²) in [5.41, 5.74) is 4.35. The van der Waals surface area contributed by atoms with Gasteiger partial charge >= 0.3 is 0 Å². The van der Waals surface area contributed by atoms with Gasteiger partial charge in [-0.2, -0.15) is 0 Å². The smallest absolute Gasteiger partial charge is 0.282 e. The minimum atomic E-state index is -0.268. The topological polar surface area (TPSA) is 53.1 Å². The third-order valence-electron chi connectivity index (χ3n) is 6.21. The second kappa shape index (κ2) is 8.79. The number of nitrogens with zero attached hydrogens (tertiary/aromatic N) is 3. The molecule has 0 atom stereocenters. The largest absolute Gasteiger partial charge is 0.491 e. The summed E-state index contributed by atoms with van der Waals surface area (Å²) in [5, 5.41) is 0. The molecule has 32 heavy (non-hydrogen) atoms. The first kappa shape index (κ1) is 22.1. The number of piperazine rings is 1. The summed E-state index contributed by atoms with van der Waals surface area (Å²) in [6, 6.07) is 13.2. The molecule has 0 spiro atoms. The lowest BCUT2D eigenvalue weighted by Crippen LogP contribution is -2.46. The van der Waals surface area contributed by atoms with E-state index >= 15 is 0 Å². The van der Waals surface area contributed by atoms with Gasteiger partial charge in [0, 0.05) is 26.2 Å². The Labute approximate surface area is 190 Å². The highest BCUT2D eigenvalue weighted by Gasteiger charge is 2.43. The zero-order chi connectivity index (χ0) is 23.0. The lowest BCUT2D eigenvalue weighted by atomic mass is 10.0. The van der Waals surface area contributed by atoms with Gasteiger partial charge in [-0.1, -0.05) is 24.3 Å². The van der Waals surface area contributed by atoms with E-state index in [1.54, 1.807) is 0 Å². The van der Waals surface area contributed by atoms with Crippen LogP contribution in [0, 0.1) is 13.8 Å². The number of likely N-dealkylation sites (N-methyl/N-ethyl adjacent to an activating group) is 1. The molecular weight excluding hydrogens is 402 g/mol. The molecule has 0 saturated carbocycles. The van der Waals surface area contributed by atoms with E-state index in [1.165, 1.54) is 4.90 Å². The Morgan fingerprint density at radius 2 is 1.53 bits per heavy atom. The molecule has 2 aliphatic rings. The molecular formula is C26H31N3O3. The van der Waals surface area contributed by atoms with Gasteiger partial charge in [0.05, 0.1) is 17.4 Å². The minimum absolute atomic E-state index is 0.0652. The number of hydrogen-bond acceptors (Lipinski definition) is 5. The SMILES string of the molecule is Cc1cccc(N2C(=O)C(c3ccc(OC(C)C)cc3)=C(N3CCN(C)CC3)C2=O)c1C. The van der Waals surface area contributed by atoms with Crippen LogP contribution in [-0.4, -0.2) is 60.9 Å². The van der Waals surface area contributed by atoms with Crippen molar-refractivity contribution in [1.82, 2.24) is 9.80 Å². The summed E-state index contributed by atoms with van der Waals surface area (Å²) >= 11 is 0. The van der Waals surface area contributed by atoms with E-state index in [2.05, 4.69) is 16.8 Å². The molecule has 4 rings (SSSR count). The highest BCUT2D eigenvalue weighted by molar-refractivity contribution is 6.45. The van der Waals surface area contributed by atoms with Crippen LogP contribution in [0.4, 0.5) is 5.69 Å². The van der Waals surface area contributed by atoms with Crippen molar-refractivity contribution in [3.05, 3.63) is 64.9 Å². The van der Waals surface area contributed by atoms with Crippen molar-refractivity contribution in [1.29, 1.82) is 0 Å². The van der Waals surface area contributed by atoms with Gasteiger partial charge in [-0.25, -0.2) is 4.90 Å². The molecule has 2 aliphatic heterocycles. The molecule has 0 radical (unpaired) electrons. The number of carbonyl (C=O) groups is 2. The maximum Gasteiger partial charge on any atom is 0.282 e. The fourth-order valence-corrected chi connectivity index (χ4v) is 4.27. The Bertz CT molecular complexity index is 1060. The van der Waals surface area contributed by atoms with Gasteiger partial charge in [-0.15, -0.1) is 0 Å². The first-order valence-corrected chi connectivity index (χ1v) is 11.2. The molecule has 6 heteroatoms. The van der Waals surface area contributed by atoms with Gasteiger partial charge < -0.3 is 14.5 Å². The average molecular weight is 434 g/mol. The second-order valence-corrected chi connectivity index (χ2v) is 8.87. The van der Waals surface area contributed by atoms with Crippen LogP contribution >= 0.6 is 0 Å². The molecule has 1 fully saturated rings. The van der Waals surface area contributed by atoms with Gasteiger partial charge in [0.2, 0.25) is 0 Å². The number of anilines is 1. The molecule has 0 aliphatic carbocycles. The van der Waals surface area contributed by atoms with E-state index < -0.39 is 0 Å². The molecule has 0 bridgehead atoms. The number of amides is 2. The predicted molar refractivity (Wildman–Crippen MR) is 127 cm³/mol. The quantitative estimate of drug-likeness (QED) is 0.674. The van der Waals surface area contributed by atoms with Crippen LogP contribution in [0.2, 0.25) is 0 Å². The number of aryl methyl sites for hydroxylation is 1. The average Bonchev–Trinajstić information content (AvgIpc) is 3.01. The van der Waals surface area contributed by atoms with Crippen LogP contribution in [-0.2, 0) is 9.59 Å². The molecule has 0 unspecified atom stereocenters. The molecule has 1 saturated heterocycles. The predicted octanol–water partition coefficient (Wildman–Crippen LogP) is 3.62. The van der Waals surface area contributed by atoms with Crippen molar-refractivity contribution in [3.63, 3.8) is 0 Å². The van der Waals surface area contributed by atoms with Crippen molar-refractivity contribution in [2.45, 2.75) is 33.8 Å². The first-order chi connectivity index (χ1) is 15.3. The van der Waals surface area contributed by atoms with Crippen molar-refractivity contribution in [3.8, 4) is 5.75 Å². The second-order valence-electron chi connectivity index (χ2n) is 8.87. The number of carbonyl (C=O) groups excluding carboxylic acids is 2. The zero-order valence-electron chi connectivity index (χ0n) is 19.5. The van der Waals surface area contributed by atoms with E-state index in [0.29, 0.717) is 30.0 Å². The van der Waals surface area contributed by atoms with Crippen molar-refractivity contribution < 1.29 is 14.3 Å². The normalized spacial score (nSPS) is 17.7. The lowest BCUT2D eigenvalue weighted by Gasteiger charge is -2.34. The van der Waals surface area contributed by atoms with E-state index in [1.807, 2.05) is 70.2 Å². The van der Waals surface area contributed by atoms with E-state index in [4.69, 9.17) is 4.74 Å². The molecule has 0 N–H and O–H groups in total. The standard InChI is InChI=1S/C26H31N3O3/c1-17(2)32-21-11-9-20(10-12-21)23-24(28-15-13-27(5)14-16-28)26(31)29(25(23)30)22-8-6-7-18(3)19(22)4/h6-12,17H,13-16H2,1-5H3. The van der Waals surface area contributed by atoms with Crippen molar-refractivity contribution in [2.75, 3.05) is 38.1 Å². The number of hydrogen-bond donors (Lipinski definition) is 0. The lowest BCUT2D eigenvalue weighted by molar-refractivity contribution is -0.120. The fraction of sp³-hybridized carbons (Fsp3) is 0.385. The van der Waals surface area contributed by atoms with Gasteiger partial charge in [0.25, 0.3) is 11.8 Å². The molecule has 2 aromatic carbocycles. The summed E-state index contributed by atoms with van der Waals surface area (Å²) in [5.74, 6) is 0.231. The minimum Gasteiger partial charge on any atom is -0.491 e. The summed E-state index contributed by atoms with van der Waals surface area (Å²) in [7, 11) is 2.07. The van der Waals surface area contributed by atoms with Crippen LogP contribution in [0.25, 0.3) is 5.57 Å². The number of rotatable bonds is 5. The van der Waals surface area contributed by atoms with Crippen LogP contribution in [0.5, 0.6) is 5.75 Å². The van der Waals surface area contributed by atoms with Gasteiger partial charge in [0.1, 0.15) is 11.4 Å². The zero-order valence-corrected chi connectivity index (χ0v) is 19.5. The van der Waals surface area contributed by atoms with E-state index in [9.17, 15) is 9.59 Å².